The Hall–Kier alpha value is -2.92. The first kappa shape index (κ1) is 20.8. The molecular weight excluding hydrogens is 414 g/mol. The van der Waals surface area contributed by atoms with Gasteiger partial charge in [-0.05, 0) is 26.0 Å². The summed E-state index contributed by atoms with van der Waals surface area (Å²) in [4.78, 5) is 28.8. The average molecular weight is 434 g/mol. The zero-order chi connectivity index (χ0) is 20.8. The molecule has 0 atom stereocenters. The number of hydrogen-bond acceptors (Lipinski definition) is 9. The number of ether oxygens (including phenoxy) is 1. The van der Waals surface area contributed by atoms with Crippen molar-refractivity contribution in [1.82, 2.24) is 19.7 Å². The molecule has 0 radical (unpaired) electrons. The zero-order valence-corrected chi connectivity index (χ0v) is 17.5. The second-order valence-corrected chi connectivity index (χ2v) is 7.62. The number of aryl methyl sites for hydroxylation is 1. The molecule has 29 heavy (non-hydrogen) atoms. The van der Waals surface area contributed by atoms with E-state index >= 15 is 0 Å². The molecule has 0 aromatic carbocycles. The first-order valence-electron chi connectivity index (χ1n) is 8.68. The van der Waals surface area contributed by atoms with Crippen LogP contribution in [0, 0.1) is 6.92 Å². The number of thioether (sulfide) groups is 1. The minimum atomic E-state index is -0.444. The molecule has 1 amide bonds. The van der Waals surface area contributed by atoms with Gasteiger partial charge in [0, 0.05) is 6.54 Å². The van der Waals surface area contributed by atoms with E-state index in [1.807, 2.05) is 4.57 Å². The molecule has 0 saturated carbocycles. The van der Waals surface area contributed by atoms with E-state index in [4.69, 9.17) is 9.15 Å². The predicted octanol–water partition coefficient (Wildman–Crippen LogP) is 3.40. The third-order valence-corrected chi connectivity index (χ3v) is 5.63. The maximum Gasteiger partial charge on any atom is 0.350 e. The van der Waals surface area contributed by atoms with Crippen LogP contribution in [0.5, 0.6) is 0 Å². The third-order valence-electron chi connectivity index (χ3n) is 3.61. The van der Waals surface area contributed by atoms with Crippen molar-refractivity contribution in [3.63, 3.8) is 0 Å². The number of aromatic nitrogens is 4. The summed E-state index contributed by atoms with van der Waals surface area (Å²) >= 11 is 2.32. The number of allylic oxidation sites excluding steroid dienone is 1. The van der Waals surface area contributed by atoms with Gasteiger partial charge in [-0.1, -0.05) is 29.2 Å². The van der Waals surface area contributed by atoms with Crippen LogP contribution < -0.4 is 5.32 Å². The van der Waals surface area contributed by atoms with E-state index in [0.29, 0.717) is 39.0 Å². The Morgan fingerprint density at radius 3 is 2.97 bits per heavy atom. The standard InChI is InChI=1S/C18H19N5O4S2/c1-4-8-23-15(12-7-6-9-27-12)21-22-18(23)28-10-13(24)20-17-19-11(3)14(29-17)16(25)26-5-2/h4,6-7,9H,1,5,8,10H2,2-3H3,(H,19,20,24). The number of esters is 1. The van der Waals surface area contributed by atoms with Gasteiger partial charge in [-0.25, -0.2) is 9.78 Å². The van der Waals surface area contributed by atoms with Gasteiger partial charge < -0.3 is 14.5 Å². The maximum atomic E-state index is 12.3. The van der Waals surface area contributed by atoms with Gasteiger partial charge in [-0.15, -0.1) is 16.8 Å². The van der Waals surface area contributed by atoms with Crippen molar-refractivity contribution >= 4 is 40.1 Å². The third kappa shape index (κ3) is 4.93. The van der Waals surface area contributed by atoms with Gasteiger partial charge in [0.2, 0.25) is 11.7 Å². The molecule has 0 aliphatic rings. The van der Waals surface area contributed by atoms with Crippen LogP contribution in [-0.4, -0.2) is 44.0 Å². The number of amides is 1. The monoisotopic (exact) mass is 433 g/mol. The SMILES string of the molecule is C=CCn1c(SCC(=O)Nc2nc(C)c(C(=O)OCC)s2)nnc1-c1ccco1. The van der Waals surface area contributed by atoms with Crippen LogP contribution in [0.1, 0.15) is 22.3 Å². The van der Waals surface area contributed by atoms with E-state index in [1.165, 1.54) is 11.8 Å². The molecule has 3 aromatic rings. The van der Waals surface area contributed by atoms with Crippen molar-refractivity contribution in [2.45, 2.75) is 25.5 Å². The Labute approximate surface area is 175 Å². The lowest BCUT2D eigenvalue weighted by Crippen LogP contribution is -2.14. The molecule has 0 saturated heterocycles. The Bertz CT molecular complexity index is 1010. The summed E-state index contributed by atoms with van der Waals surface area (Å²) in [5, 5.41) is 11.9. The number of nitrogens with one attached hydrogen (secondary N) is 1. The smallest absolute Gasteiger partial charge is 0.350 e. The summed E-state index contributed by atoms with van der Waals surface area (Å²) in [5.41, 5.74) is 0.519. The first-order valence-corrected chi connectivity index (χ1v) is 10.5. The Morgan fingerprint density at radius 1 is 1.45 bits per heavy atom. The Balaban J connectivity index is 1.65. The normalized spacial score (nSPS) is 10.7. The average Bonchev–Trinajstić information content (AvgIpc) is 3.41. The van der Waals surface area contributed by atoms with Crippen LogP contribution in [0.25, 0.3) is 11.6 Å². The van der Waals surface area contributed by atoms with Gasteiger partial charge in [-0.2, -0.15) is 0 Å². The summed E-state index contributed by atoms with van der Waals surface area (Å²) in [7, 11) is 0. The summed E-state index contributed by atoms with van der Waals surface area (Å²) < 4.78 is 12.2. The van der Waals surface area contributed by atoms with Crippen molar-refractivity contribution < 1.29 is 18.7 Å². The van der Waals surface area contributed by atoms with Gasteiger partial charge in [0.05, 0.1) is 24.3 Å². The lowest BCUT2D eigenvalue weighted by Gasteiger charge is -2.06. The van der Waals surface area contributed by atoms with Crippen molar-refractivity contribution in [1.29, 1.82) is 0 Å². The van der Waals surface area contributed by atoms with Crippen molar-refractivity contribution in [3.8, 4) is 11.6 Å². The van der Waals surface area contributed by atoms with E-state index in [-0.39, 0.29) is 18.3 Å². The van der Waals surface area contributed by atoms with E-state index < -0.39 is 5.97 Å². The molecule has 0 fully saturated rings. The number of hydrogen-bond donors (Lipinski definition) is 1. The topological polar surface area (TPSA) is 112 Å². The molecule has 0 aliphatic carbocycles. The summed E-state index contributed by atoms with van der Waals surface area (Å²) in [6.07, 6.45) is 3.28. The summed E-state index contributed by atoms with van der Waals surface area (Å²) in [6.45, 7) is 7.93. The number of nitrogens with zero attached hydrogens (tertiary/aromatic N) is 4. The minimum absolute atomic E-state index is 0.0980. The number of rotatable bonds is 9. The molecule has 0 unspecified atom stereocenters. The van der Waals surface area contributed by atoms with Gasteiger partial charge in [-0.3, -0.25) is 9.36 Å². The highest BCUT2D eigenvalue weighted by molar-refractivity contribution is 7.99. The highest BCUT2D eigenvalue weighted by Gasteiger charge is 2.19. The first-order chi connectivity index (χ1) is 14.0. The molecule has 0 aliphatic heterocycles. The Kier molecular flexibility index (Phi) is 6.83. The van der Waals surface area contributed by atoms with E-state index in [1.54, 1.807) is 38.3 Å². The van der Waals surface area contributed by atoms with E-state index in [9.17, 15) is 9.59 Å². The highest BCUT2D eigenvalue weighted by Crippen LogP contribution is 2.26. The summed E-state index contributed by atoms with van der Waals surface area (Å²) in [5.74, 6) is 0.529. The number of furan rings is 1. The lowest BCUT2D eigenvalue weighted by molar-refractivity contribution is -0.113. The van der Waals surface area contributed by atoms with Gasteiger partial charge >= 0.3 is 5.97 Å². The maximum absolute atomic E-state index is 12.3. The predicted molar refractivity (Wildman–Crippen MR) is 110 cm³/mol. The molecule has 9 nitrogen and oxygen atoms in total. The second kappa shape index (κ2) is 9.52. The Morgan fingerprint density at radius 2 is 2.28 bits per heavy atom. The fourth-order valence-corrected chi connectivity index (χ4v) is 4.02. The van der Waals surface area contributed by atoms with Crippen molar-refractivity contribution in [2.75, 3.05) is 17.7 Å². The van der Waals surface area contributed by atoms with Crippen LogP contribution in [-0.2, 0) is 16.1 Å². The number of thiazole rings is 1. The van der Waals surface area contributed by atoms with Crippen LogP contribution in [0.2, 0.25) is 0 Å². The molecule has 11 heteroatoms. The molecule has 3 aromatic heterocycles. The molecule has 3 rings (SSSR count). The largest absolute Gasteiger partial charge is 0.462 e. The minimum Gasteiger partial charge on any atom is -0.462 e. The van der Waals surface area contributed by atoms with Crippen LogP contribution >= 0.6 is 23.1 Å². The van der Waals surface area contributed by atoms with E-state index in [2.05, 4.69) is 27.1 Å². The molecular formula is C18H19N5O4S2. The fraction of sp³-hybridized carbons (Fsp3) is 0.278. The highest BCUT2D eigenvalue weighted by atomic mass is 32.2. The number of carbonyl (C=O) groups excluding carboxylic acids is 2. The number of carbonyl (C=O) groups is 2. The molecule has 3 heterocycles. The quantitative estimate of drug-likeness (QED) is 0.310. The lowest BCUT2D eigenvalue weighted by atomic mass is 10.4. The van der Waals surface area contributed by atoms with Crippen LogP contribution in [0.4, 0.5) is 5.13 Å². The molecule has 1 N–H and O–H groups in total. The van der Waals surface area contributed by atoms with Gasteiger partial charge in [0.25, 0.3) is 0 Å². The summed E-state index contributed by atoms with van der Waals surface area (Å²) in [6, 6.07) is 3.56. The zero-order valence-electron chi connectivity index (χ0n) is 15.9. The second-order valence-electron chi connectivity index (χ2n) is 5.67. The molecule has 0 spiro atoms. The molecule has 152 valence electrons. The van der Waals surface area contributed by atoms with Crippen molar-refractivity contribution in [3.05, 3.63) is 41.6 Å². The number of anilines is 1. The van der Waals surface area contributed by atoms with E-state index in [0.717, 1.165) is 11.3 Å². The van der Waals surface area contributed by atoms with Crippen LogP contribution in [0.3, 0.4) is 0 Å². The van der Waals surface area contributed by atoms with Crippen LogP contribution in [0.15, 0.2) is 40.6 Å². The fourth-order valence-electron chi connectivity index (χ4n) is 2.40. The van der Waals surface area contributed by atoms with Gasteiger partial charge in [0.1, 0.15) is 4.88 Å². The van der Waals surface area contributed by atoms with Gasteiger partial charge in [0.15, 0.2) is 16.0 Å². The molecule has 0 bridgehead atoms. The van der Waals surface area contributed by atoms with Crippen molar-refractivity contribution in [2.24, 2.45) is 0 Å².